The van der Waals surface area contributed by atoms with Crippen molar-refractivity contribution in [3.05, 3.63) is 63.9 Å². The zero-order valence-corrected chi connectivity index (χ0v) is 12.0. The zero-order chi connectivity index (χ0) is 13.8. The van der Waals surface area contributed by atoms with Gasteiger partial charge in [0.05, 0.1) is 13.2 Å². The Bertz CT molecular complexity index is 555. The van der Waals surface area contributed by atoms with Gasteiger partial charge in [-0.15, -0.1) is 0 Å². The lowest BCUT2D eigenvalue weighted by atomic mass is 10.0. The number of hydrogen-bond donors (Lipinski definition) is 1. The van der Waals surface area contributed by atoms with Crippen molar-refractivity contribution < 1.29 is 14.2 Å². The quantitative estimate of drug-likeness (QED) is 0.925. The van der Waals surface area contributed by atoms with Crippen LogP contribution in [0.15, 0.2) is 46.9 Å². The SMILES string of the molecule is COc1ccc(CC(O)c2cc(F)ccc2Br)cc1. The van der Waals surface area contributed by atoms with Gasteiger partial charge in [0.25, 0.3) is 0 Å². The topological polar surface area (TPSA) is 29.5 Å². The lowest BCUT2D eigenvalue weighted by Crippen LogP contribution is -2.03. The van der Waals surface area contributed by atoms with Gasteiger partial charge in [0.2, 0.25) is 0 Å². The molecule has 0 heterocycles. The monoisotopic (exact) mass is 324 g/mol. The Morgan fingerprint density at radius 3 is 2.53 bits per heavy atom. The first-order valence-corrected chi connectivity index (χ1v) is 6.65. The molecule has 2 nitrogen and oxygen atoms in total. The summed E-state index contributed by atoms with van der Waals surface area (Å²) in [6.45, 7) is 0. The first kappa shape index (κ1) is 14.0. The molecule has 1 N–H and O–H groups in total. The Hall–Kier alpha value is -1.39. The van der Waals surface area contributed by atoms with Crippen molar-refractivity contribution in [1.29, 1.82) is 0 Å². The summed E-state index contributed by atoms with van der Waals surface area (Å²) in [7, 11) is 1.60. The second kappa shape index (κ2) is 6.17. The Labute approximate surface area is 120 Å². The number of hydrogen-bond acceptors (Lipinski definition) is 2. The minimum absolute atomic E-state index is 0.355. The first-order valence-electron chi connectivity index (χ1n) is 5.86. The summed E-state index contributed by atoms with van der Waals surface area (Å²) >= 11 is 3.32. The van der Waals surface area contributed by atoms with Gasteiger partial charge in [0.15, 0.2) is 0 Å². The summed E-state index contributed by atoms with van der Waals surface area (Å²) in [4.78, 5) is 0. The van der Waals surface area contributed by atoms with E-state index in [9.17, 15) is 9.50 Å². The fourth-order valence-corrected chi connectivity index (χ4v) is 2.38. The summed E-state index contributed by atoms with van der Waals surface area (Å²) in [5, 5.41) is 10.2. The molecule has 100 valence electrons. The molecule has 0 aromatic heterocycles. The van der Waals surface area contributed by atoms with Gasteiger partial charge in [-0.25, -0.2) is 4.39 Å². The van der Waals surface area contributed by atoms with Crippen LogP contribution < -0.4 is 4.74 Å². The standard InChI is InChI=1S/C15H14BrFO2/c1-19-12-5-2-10(3-6-12)8-15(18)13-9-11(17)4-7-14(13)16/h2-7,9,15,18H,8H2,1H3. The average molecular weight is 325 g/mol. The number of rotatable bonds is 4. The minimum atomic E-state index is -0.751. The van der Waals surface area contributed by atoms with Crippen molar-refractivity contribution in [2.24, 2.45) is 0 Å². The molecule has 0 radical (unpaired) electrons. The van der Waals surface area contributed by atoms with Gasteiger partial charge in [0.1, 0.15) is 11.6 Å². The molecule has 19 heavy (non-hydrogen) atoms. The van der Waals surface area contributed by atoms with Crippen molar-refractivity contribution in [3.63, 3.8) is 0 Å². The van der Waals surface area contributed by atoms with Crippen LogP contribution in [0.2, 0.25) is 0 Å². The lowest BCUT2D eigenvalue weighted by Gasteiger charge is -2.13. The van der Waals surface area contributed by atoms with Gasteiger partial charge in [-0.2, -0.15) is 0 Å². The van der Waals surface area contributed by atoms with Crippen LogP contribution in [0, 0.1) is 5.82 Å². The molecule has 0 aliphatic carbocycles. The predicted molar refractivity (Wildman–Crippen MR) is 75.8 cm³/mol. The van der Waals surface area contributed by atoms with Crippen LogP contribution in [0.1, 0.15) is 17.2 Å². The maximum Gasteiger partial charge on any atom is 0.123 e. The van der Waals surface area contributed by atoms with Gasteiger partial charge in [-0.3, -0.25) is 0 Å². The molecule has 0 bridgehead atoms. The van der Waals surface area contributed by atoms with Gasteiger partial charge < -0.3 is 9.84 Å². The molecule has 1 unspecified atom stereocenters. The second-order valence-electron chi connectivity index (χ2n) is 4.23. The summed E-state index contributed by atoms with van der Waals surface area (Å²) < 4.78 is 19.0. The van der Waals surface area contributed by atoms with Crippen molar-refractivity contribution in [3.8, 4) is 5.75 Å². The van der Waals surface area contributed by atoms with Crippen LogP contribution in [0.5, 0.6) is 5.75 Å². The molecule has 0 fully saturated rings. The third kappa shape index (κ3) is 3.55. The third-order valence-corrected chi connectivity index (χ3v) is 3.63. The smallest absolute Gasteiger partial charge is 0.123 e. The Kier molecular flexibility index (Phi) is 4.56. The highest BCUT2D eigenvalue weighted by molar-refractivity contribution is 9.10. The number of benzene rings is 2. The largest absolute Gasteiger partial charge is 0.497 e. The van der Waals surface area contributed by atoms with E-state index in [1.807, 2.05) is 24.3 Å². The minimum Gasteiger partial charge on any atom is -0.497 e. The molecular formula is C15H14BrFO2. The molecule has 0 amide bonds. The highest BCUT2D eigenvalue weighted by Gasteiger charge is 2.13. The van der Waals surface area contributed by atoms with Crippen LogP contribution >= 0.6 is 15.9 Å². The van der Waals surface area contributed by atoms with Gasteiger partial charge >= 0.3 is 0 Å². The van der Waals surface area contributed by atoms with Crippen molar-refractivity contribution in [2.75, 3.05) is 7.11 Å². The van der Waals surface area contributed by atoms with E-state index in [4.69, 9.17) is 4.74 Å². The fourth-order valence-electron chi connectivity index (χ4n) is 1.86. The number of methoxy groups -OCH3 is 1. The van der Waals surface area contributed by atoms with E-state index in [2.05, 4.69) is 15.9 Å². The highest BCUT2D eigenvalue weighted by atomic mass is 79.9. The van der Waals surface area contributed by atoms with E-state index < -0.39 is 6.10 Å². The van der Waals surface area contributed by atoms with Crippen molar-refractivity contribution in [2.45, 2.75) is 12.5 Å². The van der Waals surface area contributed by atoms with Gasteiger partial charge in [-0.1, -0.05) is 28.1 Å². The van der Waals surface area contributed by atoms with Crippen LogP contribution in [0.25, 0.3) is 0 Å². The van der Waals surface area contributed by atoms with E-state index in [0.717, 1.165) is 11.3 Å². The fraction of sp³-hybridized carbons (Fsp3) is 0.200. The highest BCUT2D eigenvalue weighted by Crippen LogP contribution is 2.27. The van der Waals surface area contributed by atoms with Crippen LogP contribution in [0.4, 0.5) is 4.39 Å². The van der Waals surface area contributed by atoms with Crippen LogP contribution in [-0.2, 0) is 6.42 Å². The van der Waals surface area contributed by atoms with Crippen molar-refractivity contribution in [1.82, 2.24) is 0 Å². The number of aliphatic hydroxyl groups excluding tert-OH is 1. The molecule has 0 saturated carbocycles. The normalized spacial score (nSPS) is 12.2. The predicted octanol–water partition coefficient (Wildman–Crippen LogP) is 3.87. The van der Waals surface area contributed by atoms with E-state index in [1.165, 1.54) is 12.1 Å². The maximum atomic E-state index is 13.2. The summed E-state index contributed by atoms with van der Waals surface area (Å²) in [6.07, 6.45) is -0.329. The molecule has 2 aromatic carbocycles. The summed E-state index contributed by atoms with van der Waals surface area (Å²) in [6, 6.07) is 11.7. The van der Waals surface area contributed by atoms with Gasteiger partial charge in [-0.05, 0) is 41.5 Å². The third-order valence-electron chi connectivity index (χ3n) is 2.91. The Balaban J connectivity index is 2.15. The zero-order valence-electron chi connectivity index (χ0n) is 10.4. The molecule has 0 saturated heterocycles. The molecule has 0 spiro atoms. The first-order chi connectivity index (χ1) is 9.10. The van der Waals surface area contributed by atoms with Crippen molar-refractivity contribution >= 4 is 15.9 Å². The second-order valence-corrected chi connectivity index (χ2v) is 5.09. The summed E-state index contributed by atoms with van der Waals surface area (Å²) in [5.74, 6) is 0.414. The lowest BCUT2D eigenvalue weighted by molar-refractivity contribution is 0.177. The molecular weight excluding hydrogens is 311 g/mol. The van der Waals surface area contributed by atoms with Gasteiger partial charge in [0, 0.05) is 10.9 Å². The molecule has 0 aliphatic rings. The Morgan fingerprint density at radius 1 is 1.21 bits per heavy atom. The maximum absolute atomic E-state index is 13.2. The number of halogens is 2. The van der Waals surface area contributed by atoms with Crippen LogP contribution in [-0.4, -0.2) is 12.2 Å². The summed E-state index contributed by atoms with van der Waals surface area (Å²) in [5.41, 5.74) is 1.51. The number of ether oxygens (including phenoxy) is 1. The molecule has 1 atom stereocenters. The molecule has 4 heteroatoms. The number of aliphatic hydroxyl groups is 1. The average Bonchev–Trinajstić information content (AvgIpc) is 2.42. The van der Waals surface area contributed by atoms with E-state index in [-0.39, 0.29) is 5.82 Å². The van der Waals surface area contributed by atoms with E-state index >= 15 is 0 Å². The molecule has 2 rings (SSSR count). The van der Waals surface area contributed by atoms with E-state index in [0.29, 0.717) is 16.5 Å². The molecule has 0 aliphatic heterocycles. The van der Waals surface area contributed by atoms with E-state index in [1.54, 1.807) is 13.2 Å². The Morgan fingerprint density at radius 2 is 1.89 bits per heavy atom. The van der Waals surface area contributed by atoms with Crippen LogP contribution in [0.3, 0.4) is 0 Å². The molecule has 2 aromatic rings.